The number of rotatable bonds is 4. The van der Waals surface area contributed by atoms with E-state index in [9.17, 15) is 0 Å². The topological polar surface area (TPSA) is 88.0 Å². The van der Waals surface area contributed by atoms with Crippen molar-refractivity contribution in [3.05, 3.63) is 0 Å². The molecule has 2 atom stereocenters. The second-order valence-corrected chi connectivity index (χ2v) is 2.37. The summed E-state index contributed by atoms with van der Waals surface area (Å²) in [6.07, 6.45) is 1.35. The van der Waals surface area contributed by atoms with Crippen LogP contribution in [0.5, 0.6) is 0 Å². The van der Waals surface area contributed by atoms with Crippen molar-refractivity contribution in [1.29, 1.82) is 0 Å². The third-order valence-electron chi connectivity index (χ3n) is 1.43. The normalized spacial score (nSPS) is 25.2. The number of epoxide rings is 1. The minimum absolute atomic E-state index is 0. The summed E-state index contributed by atoms with van der Waals surface area (Å²) in [5.41, 5.74) is 0. The molecular weight excluding hydrogens is 134 g/mol. The monoisotopic (exact) mass is 149 g/mol. The van der Waals surface area contributed by atoms with E-state index in [1.165, 1.54) is 0 Å². The molecule has 0 aromatic heterocycles. The van der Waals surface area contributed by atoms with Gasteiger partial charge in [0.25, 0.3) is 0 Å². The van der Waals surface area contributed by atoms with Crippen LogP contribution < -0.4 is 6.15 Å². The van der Waals surface area contributed by atoms with Crippen LogP contribution in [0.25, 0.3) is 0 Å². The zero-order valence-corrected chi connectivity index (χ0v) is 5.99. The molecule has 0 aromatic carbocycles. The average molecular weight is 149 g/mol. The smallest absolute Gasteiger partial charge is 0.0810 e. The van der Waals surface area contributed by atoms with Crippen LogP contribution in [0.2, 0.25) is 0 Å². The van der Waals surface area contributed by atoms with Gasteiger partial charge in [-0.25, -0.2) is 0 Å². The Labute approximate surface area is 60.4 Å². The van der Waals surface area contributed by atoms with Crippen molar-refractivity contribution >= 4 is 0 Å². The quantitative estimate of drug-likeness (QED) is 0.478. The molecule has 0 amide bonds. The van der Waals surface area contributed by atoms with Crippen LogP contribution in [0.1, 0.15) is 12.8 Å². The molecule has 1 aliphatic heterocycles. The van der Waals surface area contributed by atoms with E-state index in [-0.39, 0.29) is 12.8 Å². The molecule has 2 unspecified atom stereocenters. The summed E-state index contributed by atoms with van der Waals surface area (Å²) >= 11 is 0. The van der Waals surface area contributed by atoms with Crippen LogP contribution in [0.4, 0.5) is 0 Å². The summed E-state index contributed by atoms with van der Waals surface area (Å²) in [6.45, 7) is 0.699. The lowest BCUT2D eigenvalue weighted by atomic mass is 10.2. The minimum Gasteiger partial charge on any atom is -0.394 e. The maximum Gasteiger partial charge on any atom is 0.0810 e. The molecule has 62 valence electrons. The lowest BCUT2D eigenvalue weighted by Gasteiger charge is -2.02. The minimum atomic E-state index is -0.547. The maximum atomic E-state index is 8.83. The largest absolute Gasteiger partial charge is 0.394 e. The first kappa shape index (κ1) is 9.84. The molecular formula is C6H15NO3. The molecule has 1 aliphatic rings. The van der Waals surface area contributed by atoms with Crippen molar-refractivity contribution in [1.82, 2.24) is 6.15 Å². The van der Waals surface area contributed by atoms with Crippen molar-refractivity contribution in [2.24, 2.45) is 0 Å². The Morgan fingerprint density at radius 3 is 2.60 bits per heavy atom. The fourth-order valence-corrected chi connectivity index (χ4v) is 0.704. The zero-order chi connectivity index (χ0) is 6.69. The van der Waals surface area contributed by atoms with E-state index in [0.717, 1.165) is 13.0 Å². The van der Waals surface area contributed by atoms with Gasteiger partial charge in [-0.2, -0.15) is 0 Å². The Morgan fingerprint density at radius 1 is 1.60 bits per heavy atom. The van der Waals surface area contributed by atoms with Gasteiger partial charge in [0.05, 0.1) is 25.4 Å². The predicted octanol–water partition coefficient (Wildman–Crippen LogP) is -0.319. The molecule has 4 heteroatoms. The molecule has 0 aliphatic carbocycles. The highest BCUT2D eigenvalue weighted by molar-refractivity contribution is 4.70. The second-order valence-electron chi connectivity index (χ2n) is 2.37. The Bertz CT molecular complexity index is 85.1. The first-order valence-electron chi connectivity index (χ1n) is 3.23. The molecule has 1 rings (SSSR count). The van der Waals surface area contributed by atoms with E-state index in [0.29, 0.717) is 12.5 Å². The van der Waals surface area contributed by atoms with Crippen LogP contribution in [0, 0.1) is 0 Å². The molecule has 0 bridgehead atoms. The molecule has 5 N–H and O–H groups in total. The van der Waals surface area contributed by atoms with E-state index < -0.39 is 6.10 Å². The van der Waals surface area contributed by atoms with Crippen LogP contribution in [0.3, 0.4) is 0 Å². The van der Waals surface area contributed by atoms with E-state index in [2.05, 4.69) is 0 Å². The lowest BCUT2D eigenvalue weighted by Crippen LogP contribution is -2.12. The lowest BCUT2D eigenvalue weighted by molar-refractivity contribution is 0.0846. The van der Waals surface area contributed by atoms with Crippen LogP contribution in [-0.4, -0.2) is 35.6 Å². The van der Waals surface area contributed by atoms with Gasteiger partial charge in [0.1, 0.15) is 0 Å². The van der Waals surface area contributed by atoms with Crippen molar-refractivity contribution in [3.63, 3.8) is 0 Å². The van der Waals surface area contributed by atoms with Crippen molar-refractivity contribution in [2.75, 3.05) is 13.2 Å². The molecule has 0 spiro atoms. The van der Waals surface area contributed by atoms with E-state index in [1.807, 2.05) is 0 Å². The summed E-state index contributed by atoms with van der Waals surface area (Å²) in [5.74, 6) is 0. The molecule has 0 radical (unpaired) electrons. The van der Waals surface area contributed by atoms with Gasteiger partial charge in [-0.05, 0) is 12.8 Å². The maximum absolute atomic E-state index is 8.83. The van der Waals surface area contributed by atoms with Gasteiger partial charge < -0.3 is 21.1 Å². The number of ether oxygens (including phenoxy) is 1. The van der Waals surface area contributed by atoms with Gasteiger partial charge in [-0.1, -0.05) is 0 Å². The predicted molar refractivity (Wildman–Crippen MR) is 37.1 cm³/mol. The Hall–Kier alpha value is -0.160. The Morgan fingerprint density at radius 2 is 2.20 bits per heavy atom. The van der Waals surface area contributed by atoms with Crippen LogP contribution >= 0.6 is 0 Å². The van der Waals surface area contributed by atoms with Crippen LogP contribution in [0.15, 0.2) is 0 Å². The van der Waals surface area contributed by atoms with E-state index in [1.54, 1.807) is 0 Å². The average Bonchev–Trinajstić information content (AvgIpc) is 2.65. The van der Waals surface area contributed by atoms with Crippen molar-refractivity contribution < 1.29 is 14.9 Å². The third-order valence-corrected chi connectivity index (χ3v) is 1.43. The molecule has 0 saturated carbocycles. The van der Waals surface area contributed by atoms with Crippen molar-refractivity contribution in [3.8, 4) is 0 Å². The highest BCUT2D eigenvalue weighted by Crippen LogP contribution is 2.16. The standard InChI is InChI=1S/C6H12O3.H3N/c7-3-5(8)1-2-6-4-9-6;/h5-8H,1-4H2;1H3. The Kier molecular flexibility index (Phi) is 4.55. The van der Waals surface area contributed by atoms with Crippen molar-refractivity contribution in [2.45, 2.75) is 25.0 Å². The van der Waals surface area contributed by atoms with Gasteiger partial charge in [-0.3, -0.25) is 0 Å². The SMILES string of the molecule is N.OCC(O)CCC1CO1. The summed E-state index contributed by atoms with van der Waals surface area (Å²) in [6, 6.07) is 0. The first-order valence-corrected chi connectivity index (χ1v) is 3.23. The molecule has 4 nitrogen and oxygen atoms in total. The summed E-state index contributed by atoms with van der Waals surface area (Å²) in [4.78, 5) is 0. The first-order chi connectivity index (χ1) is 4.33. The molecule has 1 fully saturated rings. The fraction of sp³-hybridized carbons (Fsp3) is 1.00. The van der Waals surface area contributed by atoms with Gasteiger partial charge in [-0.15, -0.1) is 0 Å². The number of hydrogen-bond donors (Lipinski definition) is 3. The van der Waals surface area contributed by atoms with E-state index in [4.69, 9.17) is 14.9 Å². The fourth-order valence-electron chi connectivity index (χ4n) is 0.704. The Balaban J connectivity index is 0.000000810. The zero-order valence-electron chi connectivity index (χ0n) is 5.99. The van der Waals surface area contributed by atoms with Gasteiger partial charge in [0.2, 0.25) is 0 Å². The summed E-state index contributed by atoms with van der Waals surface area (Å²) in [5, 5.41) is 17.2. The highest BCUT2D eigenvalue weighted by Gasteiger charge is 2.22. The summed E-state index contributed by atoms with van der Waals surface area (Å²) in [7, 11) is 0. The van der Waals surface area contributed by atoms with E-state index >= 15 is 0 Å². The summed E-state index contributed by atoms with van der Waals surface area (Å²) < 4.78 is 4.91. The third kappa shape index (κ3) is 3.79. The van der Waals surface area contributed by atoms with Gasteiger partial charge in [0.15, 0.2) is 0 Å². The second kappa shape index (κ2) is 4.62. The van der Waals surface area contributed by atoms with Crippen LogP contribution in [-0.2, 0) is 4.74 Å². The van der Waals surface area contributed by atoms with Gasteiger partial charge in [0, 0.05) is 0 Å². The molecule has 10 heavy (non-hydrogen) atoms. The molecule has 1 saturated heterocycles. The number of aliphatic hydroxyl groups excluding tert-OH is 2. The molecule has 1 heterocycles. The van der Waals surface area contributed by atoms with Gasteiger partial charge >= 0.3 is 0 Å². The molecule has 0 aromatic rings. The highest BCUT2D eigenvalue weighted by atomic mass is 16.6. The number of hydrogen-bond acceptors (Lipinski definition) is 4. The number of aliphatic hydroxyl groups is 2.